The van der Waals surface area contributed by atoms with Gasteiger partial charge in [0.15, 0.2) is 0 Å². The van der Waals surface area contributed by atoms with Gasteiger partial charge in [-0.1, -0.05) is 0 Å². The van der Waals surface area contributed by atoms with E-state index in [0.717, 1.165) is 0 Å². The third kappa shape index (κ3) is 1.15. The summed E-state index contributed by atoms with van der Waals surface area (Å²) in [5.41, 5.74) is -0.451. The van der Waals surface area contributed by atoms with Crippen molar-refractivity contribution in [3.05, 3.63) is 16.4 Å². The van der Waals surface area contributed by atoms with Gasteiger partial charge in [0, 0.05) is 6.92 Å². The largest absolute Gasteiger partial charge is 0.437 e. The Morgan fingerprint density at radius 2 is 2.25 bits per heavy atom. The number of hydrogen-bond acceptors (Lipinski definition) is 5. The van der Waals surface area contributed by atoms with Crippen LogP contribution in [0.1, 0.15) is 12.8 Å². The van der Waals surface area contributed by atoms with Crippen LogP contribution in [0.2, 0.25) is 0 Å². The second-order valence-corrected chi connectivity index (χ2v) is 2.96. The maximum Gasteiger partial charge on any atom is 0.437 e. The number of hydrogen-bond donors (Lipinski definition) is 0. The summed E-state index contributed by atoms with van der Waals surface area (Å²) in [6, 6.07) is 0. The summed E-state index contributed by atoms with van der Waals surface area (Å²) in [4.78, 5) is 11.0. The molecule has 0 unspecified atom stereocenters. The molecule has 64 valence electrons. The molecule has 0 saturated carbocycles. The highest BCUT2D eigenvalue weighted by Gasteiger charge is 2.35. The summed E-state index contributed by atoms with van der Waals surface area (Å²) in [6.45, 7) is 3.81. The van der Waals surface area contributed by atoms with Crippen molar-refractivity contribution < 1.29 is 4.42 Å². The zero-order chi connectivity index (χ0) is 8.77. The van der Waals surface area contributed by atoms with Crippen LogP contribution in [-0.2, 0) is 6.54 Å². The standard InChI is InChI=1S/C6H8N4O2/c1-4-7-10(5(11)12-4)3-6(2)8-9-6/h3H2,1-2H3. The molecule has 0 atom stereocenters. The summed E-state index contributed by atoms with van der Waals surface area (Å²) in [5, 5.41) is 11.4. The molecule has 1 aromatic heterocycles. The summed E-state index contributed by atoms with van der Waals surface area (Å²) in [5.74, 6) is -0.0877. The van der Waals surface area contributed by atoms with Crippen LogP contribution in [0.4, 0.5) is 0 Å². The van der Waals surface area contributed by atoms with Crippen LogP contribution in [0.5, 0.6) is 0 Å². The van der Waals surface area contributed by atoms with Crippen molar-refractivity contribution in [3.63, 3.8) is 0 Å². The first-order valence-corrected chi connectivity index (χ1v) is 3.58. The van der Waals surface area contributed by atoms with Crippen molar-refractivity contribution in [2.75, 3.05) is 0 Å². The molecular formula is C6H8N4O2. The van der Waals surface area contributed by atoms with Crippen molar-refractivity contribution >= 4 is 0 Å². The van der Waals surface area contributed by atoms with E-state index in [2.05, 4.69) is 15.3 Å². The highest BCUT2D eigenvalue weighted by Crippen LogP contribution is 2.27. The minimum absolute atomic E-state index is 0.364. The lowest BCUT2D eigenvalue weighted by atomic mass is 10.3. The van der Waals surface area contributed by atoms with E-state index in [1.807, 2.05) is 6.92 Å². The number of aromatic nitrogens is 2. The Morgan fingerprint density at radius 3 is 2.67 bits per heavy atom. The predicted octanol–water partition coefficient (Wildman–Crippen LogP) is 0.327. The van der Waals surface area contributed by atoms with E-state index >= 15 is 0 Å². The first-order valence-electron chi connectivity index (χ1n) is 3.58. The molecule has 2 heterocycles. The summed E-state index contributed by atoms with van der Waals surface area (Å²) in [6.07, 6.45) is 0. The van der Waals surface area contributed by atoms with Crippen LogP contribution in [0.3, 0.4) is 0 Å². The minimum Gasteiger partial charge on any atom is -0.393 e. The quantitative estimate of drug-likeness (QED) is 0.638. The van der Waals surface area contributed by atoms with Gasteiger partial charge in [-0.15, -0.1) is 5.10 Å². The van der Waals surface area contributed by atoms with E-state index in [-0.39, 0.29) is 0 Å². The molecular weight excluding hydrogens is 160 g/mol. The van der Waals surface area contributed by atoms with Crippen molar-refractivity contribution in [1.29, 1.82) is 0 Å². The second-order valence-electron chi connectivity index (χ2n) is 2.96. The second kappa shape index (κ2) is 2.02. The molecule has 0 radical (unpaired) electrons. The lowest BCUT2D eigenvalue weighted by Crippen LogP contribution is -2.24. The topological polar surface area (TPSA) is 72.8 Å². The van der Waals surface area contributed by atoms with E-state index < -0.39 is 11.4 Å². The van der Waals surface area contributed by atoms with Crippen molar-refractivity contribution in [2.24, 2.45) is 10.2 Å². The molecule has 1 aliphatic rings. The highest BCUT2D eigenvalue weighted by atomic mass is 16.4. The molecule has 0 fully saturated rings. The van der Waals surface area contributed by atoms with Crippen LogP contribution < -0.4 is 5.76 Å². The van der Waals surface area contributed by atoms with Gasteiger partial charge in [-0.3, -0.25) is 0 Å². The van der Waals surface area contributed by atoms with Gasteiger partial charge < -0.3 is 4.42 Å². The summed E-state index contributed by atoms with van der Waals surface area (Å²) in [7, 11) is 0. The molecule has 6 nitrogen and oxygen atoms in total. The van der Waals surface area contributed by atoms with Gasteiger partial charge in [-0.25, -0.2) is 4.79 Å². The number of aryl methyl sites for hydroxylation is 1. The van der Waals surface area contributed by atoms with Gasteiger partial charge in [0.2, 0.25) is 11.6 Å². The zero-order valence-electron chi connectivity index (χ0n) is 6.81. The third-order valence-electron chi connectivity index (χ3n) is 1.60. The molecule has 12 heavy (non-hydrogen) atoms. The lowest BCUT2D eigenvalue weighted by Gasteiger charge is -1.99. The Hall–Kier alpha value is -1.46. The van der Waals surface area contributed by atoms with Crippen molar-refractivity contribution in [3.8, 4) is 0 Å². The lowest BCUT2D eigenvalue weighted by molar-refractivity contribution is 0.430. The highest BCUT2D eigenvalue weighted by molar-refractivity contribution is 4.88. The molecule has 0 bridgehead atoms. The van der Waals surface area contributed by atoms with Gasteiger partial charge in [-0.05, 0) is 6.92 Å². The van der Waals surface area contributed by atoms with Crippen LogP contribution in [0, 0.1) is 6.92 Å². The normalized spacial score (nSPS) is 18.2. The van der Waals surface area contributed by atoms with Crippen LogP contribution in [-0.4, -0.2) is 15.4 Å². The minimum atomic E-state index is -0.453. The Kier molecular flexibility index (Phi) is 1.22. The van der Waals surface area contributed by atoms with Crippen LogP contribution in [0.25, 0.3) is 0 Å². The zero-order valence-corrected chi connectivity index (χ0v) is 6.81. The van der Waals surface area contributed by atoms with Gasteiger partial charge in [-0.2, -0.15) is 14.9 Å². The molecule has 6 heteroatoms. The van der Waals surface area contributed by atoms with Crippen LogP contribution in [0.15, 0.2) is 19.4 Å². The molecule has 1 aliphatic heterocycles. The first-order chi connectivity index (χ1) is 5.59. The van der Waals surface area contributed by atoms with Crippen molar-refractivity contribution in [2.45, 2.75) is 26.1 Å². The fourth-order valence-electron chi connectivity index (χ4n) is 0.943. The van der Waals surface area contributed by atoms with E-state index in [1.54, 1.807) is 6.92 Å². The predicted molar refractivity (Wildman–Crippen MR) is 38.8 cm³/mol. The van der Waals surface area contributed by atoms with Gasteiger partial charge in [0.1, 0.15) is 0 Å². The molecule has 2 rings (SSSR count). The van der Waals surface area contributed by atoms with E-state index in [0.29, 0.717) is 12.4 Å². The Labute approximate surface area is 67.9 Å². The summed E-state index contributed by atoms with van der Waals surface area (Å²) >= 11 is 0. The SMILES string of the molecule is Cc1nn(CC2(C)N=N2)c(=O)o1. The average Bonchev–Trinajstić information content (AvgIpc) is 2.58. The smallest absolute Gasteiger partial charge is 0.393 e. The van der Waals surface area contributed by atoms with E-state index in [9.17, 15) is 4.79 Å². The molecule has 0 aliphatic carbocycles. The maximum atomic E-state index is 11.0. The van der Waals surface area contributed by atoms with Crippen molar-refractivity contribution in [1.82, 2.24) is 9.78 Å². The monoisotopic (exact) mass is 168 g/mol. The van der Waals surface area contributed by atoms with Gasteiger partial charge in [0.05, 0.1) is 6.54 Å². The number of nitrogens with zero attached hydrogens (tertiary/aromatic N) is 4. The Balaban J connectivity index is 2.23. The molecule has 1 aromatic rings. The third-order valence-corrected chi connectivity index (χ3v) is 1.60. The average molecular weight is 168 g/mol. The number of rotatable bonds is 2. The molecule has 0 aromatic carbocycles. The molecule has 0 amide bonds. The summed E-state index contributed by atoms with van der Waals surface area (Å²) < 4.78 is 5.93. The van der Waals surface area contributed by atoms with E-state index in [4.69, 9.17) is 4.42 Å². The first kappa shape index (κ1) is 7.20. The van der Waals surface area contributed by atoms with Gasteiger partial charge in [0.25, 0.3) is 0 Å². The Bertz CT molecular complexity index is 382. The van der Waals surface area contributed by atoms with Crippen LogP contribution >= 0.6 is 0 Å². The Morgan fingerprint density at radius 1 is 1.58 bits per heavy atom. The van der Waals surface area contributed by atoms with E-state index in [1.165, 1.54) is 4.68 Å². The molecule has 0 N–H and O–H groups in total. The molecule has 0 spiro atoms. The van der Waals surface area contributed by atoms with Gasteiger partial charge >= 0.3 is 5.76 Å². The maximum absolute atomic E-state index is 11.0. The fourth-order valence-corrected chi connectivity index (χ4v) is 0.943. The molecule has 0 saturated heterocycles. The fraction of sp³-hybridized carbons (Fsp3) is 0.667.